The Hall–Kier alpha value is -0.160. The molecule has 0 aromatic rings. The Labute approximate surface area is 79.7 Å². The predicted molar refractivity (Wildman–Crippen MR) is 51.5 cm³/mol. The van der Waals surface area contributed by atoms with E-state index < -0.39 is 5.54 Å². The van der Waals surface area contributed by atoms with Gasteiger partial charge < -0.3 is 15.6 Å². The van der Waals surface area contributed by atoms with Crippen molar-refractivity contribution in [2.75, 3.05) is 32.9 Å². The minimum absolute atomic E-state index is 0.0249. The van der Waals surface area contributed by atoms with Gasteiger partial charge in [-0.1, -0.05) is 0 Å². The van der Waals surface area contributed by atoms with Crippen LogP contribution in [0.1, 0.15) is 13.8 Å². The first kappa shape index (κ1) is 10.9. The van der Waals surface area contributed by atoms with Crippen molar-refractivity contribution in [1.29, 1.82) is 0 Å². The maximum Gasteiger partial charge on any atom is 0.0621 e. The summed E-state index contributed by atoms with van der Waals surface area (Å²) in [6, 6.07) is 0.406. The van der Waals surface area contributed by atoms with Gasteiger partial charge in [-0.2, -0.15) is 0 Å². The van der Waals surface area contributed by atoms with E-state index in [0.29, 0.717) is 6.04 Å². The molecule has 2 unspecified atom stereocenters. The maximum atomic E-state index is 9.03. The lowest BCUT2D eigenvalue weighted by atomic mass is 10.0. The van der Waals surface area contributed by atoms with Gasteiger partial charge in [-0.3, -0.25) is 4.90 Å². The zero-order chi connectivity index (χ0) is 9.90. The average Bonchev–Trinajstić information content (AvgIpc) is 2.09. The minimum Gasteiger partial charge on any atom is -0.394 e. The van der Waals surface area contributed by atoms with Crippen molar-refractivity contribution < 1.29 is 9.84 Å². The molecular formula is C9H20N2O2. The van der Waals surface area contributed by atoms with Gasteiger partial charge in [0.15, 0.2) is 0 Å². The van der Waals surface area contributed by atoms with Crippen LogP contribution in [0.5, 0.6) is 0 Å². The molecule has 0 radical (unpaired) electrons. The largest absolute Gasteiger partial charge is 0.394 e. The number of hydrogen-bond donors (Lipinski definition) is 2. The second-order valence-corrected chi connectivity index (χ2v) is 4.21. The number of aliphatic hydroxyl groups excluding tert-OH is 1. The van der Waals surface area contributed by atoms with Gasteiger partial charge in [-0.25, -0.2) is 0 Å². The number of hydrogen-bond acceptors (Lipinski definition) is 4. The highest BCUT2D eigenvalue weighted by molar-refractivity contribution is 4.84. The van der Waals surface area contributed by atoms with E-state index in [1.165, 1.54) is 0 Å². The van der Waals surface area contributed by atoms with Crippen LogP contribution in [0.3, 0.4) is 0 Å². The Morgan fingerprint density at radius 1 is 1.69 bits per heavy atom. The predicted octanol–water partition coefficient (Wildman–Crippen LogP) is -0.583. The summed E-state index contributed by atoms with van der Waals surface area (Å²) in [5.41, 5.74) is 5.38. The quantitative estimate of drug-likeness (QED) is 0.622. The number of nitrogens with zero attached hydrogens (tertiary/aromatic N) is 1. The molecule has 2 atom stereocenters. The van der Waals surface area contributed by atoms with E-state index in [-0.39, 0.29) is 6.61 Å². The van der Waals surface area contributed by atoms with Crippen LogP contribution >= 0.6 is 0 Å². The van der Waals surface area contributed by atoms with Crippen LogP contribution in [-0.2, 0) is 4.74 Å². The Balaban J connectivity index is 2.42. The fourth-order valence-electron chi connectivity index (χ4n) is 1.51. The van der Waals surface area contributed by atoms with Crippen molar-refractivity contribution in [2.24, 2.45) is 5.73 Å². The van der Waals surface area contributed by atoms with Gasteiger partial charge in [0.1, 0.15) is 0 Å². The standard InChI is InChI=1S/C9H20N2O2/c1-8-5-13-4-3-11(8)6-9(2,10)7-12/h8,12H,3-7,10H2,1-2H3. The van der Waals surface area contributed by atoms with E-state index in [4.69, 9.17) is 15.6 Å². The van der Waals surface area contributed by atoms with Crippen molar-refractivity contribution in [1.82, 2.24) is 4.90 Å². The van der Waals surface area contributed by atoms with Gasteiger partial charge in [0.25, 0.3) is 0 Å². The number of nitrogens with two attached hydrogens (primary N) is 1. The van der Waals surface area contributed by atoms with Crippen LogP contribution in [0.15, 0.2) is 0 Å². The fraction of sp³-hybridized carbons (Fsp3) is 1.00. The molecular weight excluding hydrogens is 168 g/mol. The number of aliphatic hydroxyl groups is 1. The summed E-state index contributed by atoms with van der Waals surface area (Å²) in [6.45, 7) is 7.19. The lowest BCUT2D eigenvalue weighted by Gasteiger charge is -2.38. The number of ether oxygens (including phenoxy) is 1. The maximum absolute atomic E-state index is 9.03. The van der Waals surface area contributed by atoms with Crippen molar-refractivity contribution >= 4 is 0 Å². The molecule has 0 aromatic carbocycles. The average molecular weight is 188 g/mol. The van der Waals surface area contributed by atoms with Gasteiger partial charge >= 0.3 is 0 Å². The molecule has 1 fully saturated rings. The monoisotopic (exact) mass is 188 g/mol. The highest BCUT2D eigenvalue weighted by Crippen LogP contribution is 2.10. The van der Waals surface area contributed by atoms with Crippen LogP contribution < -0.4 is 5.73 Å². The highest BCUT2D eigenvalue weighted by Gasteiger charge is 2.26. The van der Waals surface area contributed by atoms with Crippen LogP contribution in [-0.4, -0.2) is 54.5 Å². The molecule has 0 aliphatic carbocycles. The molecule has 0 amide bonds. The fourth-order valence-corrected chi connectivity index (χ4v) is 1.51. The molecule has 1 rings (SSSR count). The lowest BCUT2D eigenvalue weighted by Crippen LogP contribution is -2.55. The molecule has 0 saturated carbocycles. The first-order valence-electron chi connectivity index (χ1n) is 4.77. The number of morpholine rings is 1. The van der Waals surface area contributed by atoms with Crippen molar-refractivity contribution in [3.8, 4) is 0 Å². The molecule has 0 bridgehead atoms. The Bertz CT molecular complexity index is 162. The third-order valence-electron chi connectivity index (χ3n) is 2.43. The first-order chi connectivity index (χ1) is 6.05. The smallest absolute Gasteiger partial charge is 0.0621 e. The second-order valence-electron chi connectivity index (χ2n) is 4.21. The molecule has 0 spiro atoms. The van der Waals surface area contributed by atoms with Gasteiger partial charge in [0.2, 0.25) is 0 Å². The van der Waals surface area contributed by atoms with Crippen molar-refractivity contribution in [3.63, 3.8) is 0 Å². The van der Waals surface area contributed by atoms with Crippen molar-refractivity contribution in [2.45, 2.75) is 25.4 Å². The zero-order valence-electron chi connectivity index (χ0n) is 8.49. The number of rotatable bonds is 3. The summed E-state index contributed by atoms with van der Waals surface area (Å²) in [4.78, 5) is 2.26. The first-order valence-corrected chi connectivity index (χ1v) is 4.77. The van der Waals surface area contributed by atoms with Crippen LogP contribution in [0.4, 0.5) is 0 Å². The minimum atomic E-state index is -0.494. The summed E-state index contributed by atoms with van der Waals surface area (Å²) in [7, 11) is 0. The van der Waals surface area contributed by atoms with E-state index in [1.54, 1.807) is 0 Å². The normalized spacial score (nSPS) is 30.0. The third kappa shape index (κ3) is 3.23. The van der Waals surface area contributed by atoms with E-state index >= 15 is 0 Å². The molecule has 1 saturated heterocycles. The second kappa shape index (κ2) is 4.37. The molecule has 4 heteroatoms. The summed E-state index contributed by atoms with van der Waals surface area (Å²) >= 11 is 0. The molecule has 1 heterocycles. The third-order valence-corrected chi connectivity index (χ3v) is 2.43. The molecule has 1 aliphatic heterocycles. The molecule has 78 valence electrons. The lowest BCUT2D eigenvalue weighted by molar-refractivity contribution is -0.0133. The molecule has 4 nitrogen and oxygen atoms in total. The van der Waals surface area contributed by atoms with Crippen molar-refractivity contribution in [3.05, 3.63) is 0 Å². The van der Waals surface area contributed by atoms with Gasteiger partial charge in [0, 0.05) is 24.7 Å². The highest BCUT2D eigenvalue weighted by atomic mass is 16.5. The van der Waals surface area contributed by atoms with E-state index in [0.717, 1.165) is 26.3 Å². The summed E-state index contributed by atoms with van der Waals surface area (Å²) < 4.78 is 5.32. The van der Waals surface area contributed by atoms with Gasteiger partial charge in [0.05, 0.1) is 19.8 Å². The summed E-state index contributed by atoms with van der Waals surface area (Å²) in [6.07, 6.45) is 0. The van der Waals surface area contributed by atoms with Crippen LogP contribution in [0, 0.1) is 0 Å². The van der Waals surface area contributed by atoms with Crippen LogP contribution in [0.25, 0.3) is 0 Å². The molecule has 0 aromatic heterocycles. The molecule has 13 heavy (non-hydrogen) atoms. The van der Waals surface area contributed by atoms with E-state index in [1.807, 2.05) is 6.92 Å². The summed E-state index contributed by atoms with van der Waals surface area (Å²) in [5.74, 6) is 0. The summed E-state index contributed by atoms with van der Waals surface area (Å²) in [5, 5.41) is 9.03. The molecule has 3 N–H and O–H groups in total. The van der Waals surface area contributed by atoms with Gasteiger partial charge in [-0.15, -0.1) is 0 Å². The molecule has 1 aliphatic rings. The van der Waals surface area contributed by atoms with Crippen LogP contribution in [0.2, 0.25) is 0 Å². The van der Waals surface area contributed by atoms with Gasteiger partial charge in [-0.05, 0) is 13.8 Å². The van der Waals surface area contributed by atoms with E-state index in [9.17, 15) is 0 Å². The Morgan fingerprint density at radius 3 is 2.92 bits per heavy atom. The topological polar surface area (TPSA) is 58.7 Å². The Kier molecular flexibility index (Phi) is 3.67. The zero-order valence-corrected chi connectivity index (χ0v) is 8.49. The Morgan fingerprint density at radius 2 is 2.38 bits per heavy atom. The van der Waals surface area contributed by atoms with E-state index in [2.05, 4.69) is 11.8 Å². The SMILES string of the molecule is CC1COCCN1CC(C)(N)CO.